The molecule has 0 radical (unpaired) electrons. The average Bonchev–Trinajstić information content (AvgIpc) is 2.30. The molecular formula is C13H14BrN3. The molecule has 0 bridgehead atoms. The number of rotatable bonds is 4. The fourth-order valence-electron chi connectivity index (χ4n) is 1.76. The Kier molecular flexibility index (Phi) is 4.23. The van der Waals surface area contributed by atoms with Crippen molar-refractivity contribution in [3.8, 4) is 0 Å². The van der Waals surface area contributed by atoms with E-state index in [1.165, 1.54) is 5.56 Å². The summed E-state index contributed by atoms with van der Waals surface area (Å²) in [6, 6.07) is 6.13. The summed E-state index contributed by atoms with van der Waals surface area (Å²) in [7, 11) is 0. The van der Waals surface area contributed by atoms with Crippen molar-refractivity contribution in [1.29, 1.82) is 0 Å². The topological polar surface area (TPSA) is 51.8 Å². The highest BCUT2D eigenvalue weighted by Crippen LogP contribution is 2.12. The molecule has 0 aromatic carbocycles. The van der Waals surface area contributed by atoms with Gasteiger partial charge in [-0.2, -0.15) is 0 Å². The van der Waals surface area contributed by atoms with Crippen LogP contribution in [0.2, 0.25) is 0 Å². The van der Waals surface area contributed by atoms with Crippen LogP contribution in [0.4, 0.5) is 0 Å². The first-order valence-electron chi connectivity index (χ1n) is 5.48. The average molecular weight is 292 g/mol. The first kappa shape index (κ1) is 12.2. The number of nitrogens with zero attached hydrogens (tertiary/aromatic N) is 2. The Morgan fingerprint density at radius 3 is 2.59 bits per heavy atom. The number of pyridine rings is 2. The molecule has 0 aliphatic carbocycles. The molecule has 1 atom stereocenters. The van der Waals surface area contributed by atoms with Crippen molar-refractivity contribution in [3.63, 3.8) is 0 Å². The van der Waals surface area contributed by atoms with Crippen LogP contribution in [-0.2, 0) is 12.8 Å². The summed E-state index contributed by atoms with van der Waals surface area (Å²) >= 11 is 3.41. The van der Waals surface area contributed by atoms with Crippen molar-refractivity contribution in [2.24, 2.45) is 5.73 Å². The van der Waals surface area contributed by atoms with Crippen LogP contribution in [0.1, 0.15) is 11.1 Å². The van der Waals surface area contributed by atoms with Gasteiger partial charge >= 0.3 is 0 Å². The molecule has 88 valence electrons. The summed E-state index contributed by atoms with van der Waals surface area (Å²) in [5.74, 6) is 0. The van der Waals surface area contributed by atoms with Crippen LogP contribution in [-0.4, -0.2) is 16.0 Å². The van der Waals surface area contributed by atoms with Crippen LogP contribution in [0, 0.1) is 0 Å². The van der Waals surface area contributed by atoms with Gasteiger partial charge in [-0.15, -0.1) is 0 Å². The van der Waals surface area contributed by atoms with Crippen molar-refractivity contribution < 1.29 is 0 Å². The van der Waals surface area contributed by atoms with Crippen LogP contribution >= 0.6 is 15.9 Å². The van der Waals surface area contributed by atoms with Gasteiger partial charge in [-0.05, 0) is 52.0 Å². The molecular weight excluding hydrogens is 278 g/mol. The van der Waals surface area contributed by atoms with Crippen molar-refractivity contribution in [2.75, 3.05) is 0 Å². The van der Waals surface area contributed by atoms with Gasteiger partial charge in [0.15, 0.2) is 0 Å². The molecule has 0 amide bonds. The molecule has 2 aromatic rings. The number of halogens is 1. The highest BCUT2D eigenvalue weighted by Gasteiger charge is 2.06. The highest BCUT2D eigenvalue weighted by molar-refractivity contribution is 9.10. The molecule has 17 heavy (non-hydrogen) atoms. The fraction of sp³-hybridized carbons (Fsp3) is 0.231. The monoisotopic (exact) mass is 291 g/mol. The second-order valence-electron chi connectivity index (χ2n) is 4.04. The zero-order chi connectivity index (χ0) is 12.1. The molecule has 1 unspecified atom stereocenters. The Balaban J connectivity index is 1.96. The Morgan fingerprint density at radius 1 is 1.12 bits per heavy atom. The van der Waals surface area contributed by atoms with E-state index in [4.69, 9.17) is 5.73 Å². The first-order valence-corrected chi connectivity index (χ1v) is 6.27. The number of nitrogens with two attached hydrogens (primary N) is 1. The number of hydrogen-bond donors (Lipinski definition) is 1. The summed E-state index contributed by atoms with van der Waals surface area (Å²) < 4.78 is 0.989. The smallest absolute Gasteiger partial charge is 0.0410 e. The van der Waals surface area contributed by atoms with Gasteiger partial charge in [-0.25, -0.2) is 0 Å². The second-order valence-corrected chi connectivity index (χ2v) is 4.96. The van der Waals surface area contributed by atoms with Crippen molar-refractivity contribution >= 4 is 15.9 Å². The van der Waals surface area contributed by atoms with E-state index in [1.54, 1.807) is 12.4 Å². The summed E-state index contributed by atoms with van der Waals surface area (Å²) in [4.78, 5) is 8.21. The number of hydrogen-bond acceptors (Lipinski definition) is 3. The minimum Gasteiger partial charge on any atom is -0.327 e. The molecule has 0 spiro atoms. The summed E-state index contributed by atoms with van der Waals surface area (Å²) in [6.07, 6.45) is 8.91. The summed E-state index contributed by atoms with van der Waals surface area (Å²) in [5.41, 5.74) is 8.44. The molecule has 0 aliphatic heterocycles. The van der Waals surface area contributed by atoms with Crippen LogP contribution < -0.4 is 5.73 Å². The lowest BCUT2D eigenvalue weighted by Crippen LogP contribution is -2.25. The SMILES string of the molecule is NC(Cc1cccnc1)Cc1cncc(Br)c1. The zero-order valence-corrected chi connectivity index (χ0v) is 11.0. The van der Waals surface area contributed by atoms with Gasteiger partial charge in [0, 0.05) is 35.3 Å². The summed E-state index contributed by atoms with van der Waals surface area (Å²) in [5, 5.41) is 0. The lowest BCUT2D eigenvalue weighted by molar-refractivity contribution is 0.661. The first-order chi connectivity index (χ1) is 8.24. The quantitative estimate of drug-likeness (QED) is 0.941. The Labute approximate surface area is 109 Å². The molecule has 0 saturated carbocycles. The molecule has 2 N–H and O–H groups in total. The molecule has 0 saturated heterocycles. The highest BCUT2D eigenvalue weighted by atomic mass is 79.9. The van der Waals surface area contributed by atoms with E-state index in [9.17, 15) is 0 Å². The third-order valence-corrected chi connectivity index (χ3v) is 2.91. The Hall–Kier alpha value is -1.26. The van der Waals surface area contributed by atoms with Crippen LogP contribution in [0.25, 0.3) is 0 Å². The van der Waals surface area contributed by atoms with Gasteiger partial charge in [0.2, 0.25) is 0 Å². The predicted octanol–water partition coefficient (Wildman–Crippen LogP) is 2.35. The van der Waals surface area contributed by atoms with E-state index >= 15 is 0 Å². The molecule has 2 aromatic heterocycles. The van der Waals surface area contributed by atoms with Gasteiger partial charge in [-0.3, -0.25) is 9.97 Å². The summed E-state index contributed by atoms with van der Waals surface area (Å²) in [6.45, 7) is 0. The normalized spacial score (nSPS) is 12.4. The lowest BCUT2D eigenvalue weighted by atomic mass is 10.0. The van der Waals surface area contributed by atoms with E-state index in [1.807, 2.05) is 24.5 Å². The maximum absolute atomic E-state index is 6.12. The van der Waals surface area contributed by atoms with Crippen molar-refractivity contribution in [2.45, 2.75) is 18.9 Å². The molecule has 0 aliphatic rings. The minimum absolute atomic E-state index is 0.0929. The van der Waals surface area contributed by atoms with Gasteiger partial charge in [0.05, 0.1) is 0 Å². The standard InChI is InChI=1S/C13H14BrN3/c14-12-4-11(8-17-9-12)6-13(15)5-10-2-1-3-16-7-10/h1-4,7-9,13H,5-6,15H2. The van der Waals surface area contributed by atoms with E-state index in [0.717, 1.165) is 22.9 Å². The molecule has 2 heterocycles. The fourth-order valence-corrected chi connectivity index (χ4v) is 2.18. The molecule has 2 rings (SSSR count). The zero-order valence-electron chi connectivity index (χ0n) is 9.38. The lowest BCUT2D eigenvalue weighted by Gasteiger charge is -2.11. The van der Waals surface area contributed by atoms with Crippen molar-refractivity contribution in [1.82, 2.24) is 9.97 Å². The maximum Gasteiger partial charge on any atom is 0.0410 e. The Morgan fingerprint density at radius 2 is 1.88 bits per heavy atom. The van der Waals surface area contributed by atoms with E-state index in [2.05, 4.69) is 32.0 Å². The number of aromatic nitrogens is 2. The van der Waals surface area contributed by atoms with Crippen molar-refractivity contribution in [3.05, 3.63) is 58.6 Å². The van der Waals surface area contributed by atoms with Gasteiger partial charge in [-0.1, -0.05) is 6.07 Å². The van der Waals surface area contributed by atoms with Crippen LogP contribution in [0.15, 0.2) is 47.5 Å². The van der Waals surface area contributed by atoms with Gasteiger partial charge in [0.1, 0.15) is 0 Å². The largest absolute Gasteiger partial charge is 0.327 e. The van der Waals surface area contributed by atoms with Gasteiger partial charge in [0.25, 0.3) is 0 Å². The van der Waals surface area contributed by atoms with E-state index < -0.39 is 0 Å². The van der Waals surface area contributed by atoms with Gasteiger partial charge < -0.3 is 5.73 Å². The molecule has 4 heteroatoms. The Bertz CT molecular complexity index is 473. The second kappa shape index (κ2) is 5.89. The van der Waals surface area contributed by atoms with E-state index in [0.29, 0.717) is 0 Å². The maximum atomic E-state index is 6.12. The van der Waals surface area contributed by atoms with E-state index in [-0.39, 0.29) is 6.04 Å². The third-order valence-electron chi connectivity index (χ3n) is 2.48. The molecule has 3 nitrogen and oxygen atoms in total. The molecule has 0 fully saturated rings. The minimum atomic E-state index is 0.0929. The van der Waals surface area contributed by atoms with Crippen LogP contribution in [0.5, 0.6) is 0 Å². The third kappa shape index (κ3) is 3.91. The predicted molar refractivity (Wildman–Crippen MR) is 71.6 cm³/mol. The van der Waals surface area contributed by atoms with Crippen LogP contribution in [0.3, 0.4) is 0 Å².